The summed E-state index contributed by atoms with van der Waals surface area (Å²) >= 11 is 3.41. The number of halogens is 1. The topological polar surface area (TPSA) is 70.7 Å². The first-order valence-corrected chi connectivity index (χ1v) is 10.4. The van der Waals surface area contributed by atoms with Gasteiger partial charge in [0.2, 0.25) is 5.91 Å². The standard InChI is InChI=1S/C22H26BrN3O3/c1-22(20(27)24-14-16-6-3-9-19(12-16)29-2)10-5-11-26(15-22)21(28)25-18-8-4-7-17(23)13-18/h3-4,6-9,12-13H,5,10-11,14-15H2,1-2H3,(H,24,27)(H,25,28)/t22-/m1/s1. The lowest BCUT2D eigenvalue weighted by Gasteiger charge is -2.39. The van der Waals surface area contributed by atoms with Gasteiger partial charge in [0, 0.05) is 29.8 Å². The molecule has 1 aliphatic heterocycles. The molecule has 2 aromatic rings. The largest absolute Gasteiger partial charge is 0.497 e. The van der Waals surface area contributed by atoms with Gasteiger partial charge in [-0.2, -0.15) is 0 Å². The molecule has 0 saturated carbocycles. The van der Waals surface area contributed by atoms with E-state index >= 15 is 0 Å². The lowest BCUT2D eigenvalue weighted by Crippen LogP contribution is -2.52. The molecule has 0 aliphatic carbocycles. The number of benzene rings is 2. The predicted octanol–water partition coefficient (Wildman–Crippen LogP) is 4.41. The summed E-state index contributed by atoms with van der Waals surface area (Å²) in [5, 5.41) is 5.93. The fraction of sp³-hybridized carbons (Fsp3) is 0.364. The summed E-state index contributed by atoms with van der Waals surface area (Å²) in [7, 11) is 1.62. The van der Waals surface area contributed by atoms with Crippen molar-refractivity contribution in [2.75, 3.05) is 25.5 Å². The molecule has 1 fully saturated rings. The maximum atomic E-state index is 12.9. The van der Waals surface area contributed by atoms with E-state index in [9.17, 15) is 9.59 Å². The summed E-state index contributed by atoms with van der Waals surface area (Å²) in [6.07, 6.45) is 1.53. The fourth-order valence-electron chi connectivity index (χ4n) is 3.55. The number of methoxy groups -OCH3 is 1. The summed E-state index contributed by atoms with van der Waals surface area (Å²) in [6, 6.07) is 14.9. The highest BCUT2D eigenvalue weighted by molar-refractivity contribution is 9.10. The number of likely N-dealkylation sites (tertiary alicyclic amines) is 1. The van der Waals surface area contributed by atoms with Crippen molar-refractivity contribution in [3.05, 3.63) is 58.6 Å². The Morgan fingerprint density at radius 2 is 2.00 bits per heavy atom. The Labute approximate surface area is 179 Å². The van der Waals surface area contributed by atoms with Crippen LogP contribution in [0.5, 0.6) is 5.75 Å². The third-order valence-corrected chi connectivity index (χ3v) is 5.69. The average Bonchev–Trinajstić information content (AvgIpc) is 2.72. The Morgan fingerprint density at radius 1 is 1.21 bits per heavy atom. The third kappa shape index (κ3) is 5.50. The predicted molar refractivity (Wildman–Crippen MR) is 117 cm³/mol. The van der Waals surface area contributed by atoms with Gasteiger partial charge in [0.1, 0.15) is 5.75 Å². The van der Waals surface area contributed by atoms with Crippen LogP contribution in [0.1, 0.15) is 25.3 Å². The quantitative estimate of drug-likeness (QED) is 0.695. The van der Waals surface area contributed by atoms with Crippen LogP contribution < -0.4 is 15.4 Å². The SMILES string of the molecule is COc1cccc(CNC(=O)[C@]2(C)CCCN(C(=O)Nc3cccc(Br)c3)C2)c1. The summed E-state index contributed by atoms with van der Waals surface area (Å²) < 4.78 is 6.13. The molecule has 0 unspecified atom stereocenters. The van der Waals surface area contributed by atoms with E-state index in [-0.39, 0.29) is 11.9 Å². The van der Waals surface area contributed by atoms with Gasteiger partial charge < -0.3 is 20.3 Å². The maximum Gasteiger partial charge on any atom is 0.321 e. The molecule has 0 spiro atoms. The minimum atomic E-state index is -0.619. The molecule has 6 nitrogen and oxygen atoms in total. The molecule has 1 saturated heterocycles. The highest BCUT2D eigenvalue weighted by atomic mass is 79.9. The molecule has 7 heteroatoms. The number of nitrogens with zero attached hydrogens (tertiary/aromatic N) is 1. The smallest absolute Gasteiger partial charge is 0.321 e. The van der Waals surface area contributed by atoms with Crippen LogP contribution in [-0.2, 0) is 11.3 Å². The van der Waals surface area contributed by atoms with Gasteiger partial charge in [0.05, 0.1) is 12.5 Å². The molecule has 0 radical (unpaired) electrons. The van der Waals surface area contributed by atoms with Crippen LogP contribution in [0, 0.1) is 5.41 Å². The van der Waals surface area contributed by atoms with Gasteiger partial charge in [0.25, 0.3) is 0 Å². The Morgan fingerprint density at radius 3 is 2.76 bits per heavy atom. The van der Waals surface area contributed by atoms with Crippen molar-refractivity contribution >= 4 is 33.6 Å². The first kappa shape index (κ1) is 21.2. The zero-order valence-corrected chi connectivity index (χ0v) is 18.3. The second kappa shape index (κ2) is 9.31. The maximum absolute atomic E-state index is 12.9. The molecule has 154 valence electrons. The number of hydrogen-bond acceptors (Lipinski definition) is 3. The van der Waals surface area contributed by atoms with Crippen LogP contribution in [0.2, 0.25) is 0 Å². The van der Waals surface area contributed by atoms with E-state index in [1.165, 1.54) is 0 Å². The number of hydrogen-bond donors (Lipinski definition) is 2. The molecule has 2 N–H and O–H groups in total. The van der Waals surface area contributed by atoms with Crippen molar-refractivity contribution in [1.29, 1.82) is 0 Å². The Kier molecular flexibility index (Phi) is 6.79. The first-order chi connectivity index (χ1) is 13.9. The van der Waals surface area contributed by atoms with Gasteiger partial charge in [-0.25, -0.2) is 4.79 Å². The second-order valence-electron chi connectivity index (χ2n) is 7.56. The van der Waals surface area contributed by atoms with Crippen molar-refractivity contribution in [3.63, 3.8) is 0 Å². The van der Waals surface area contributed by atoms with Crippen molar-refractivity contribution in [2.24, 2.45) is 5.41 Å². The van der Waals surface area contributed by atoms with Gasteiger partial charge in [-0.1, -0.05) is 34.1 Å². The van der Waals surface area contributed by atoms with Crippen molar-refractivity contribution in [2.45, 2.75) is 26.3 Å². The molecule has 0 bridgehead atoms. The molecule has 29 heavy (non-hydrogen) atoms. The zero-order valence-electron chi connectivity index (χ0n) is 16.7. The first-order valence-electron chi connectivity index (χ1n) is 9.62. The van der Waals surface area contributed by atoms with Crippen molar-refractivity contribution in [1.82, 2.24) is 10.2 Å². The molecule has 3 rings (SSSR count). The number of rotatable bonds is 5. The van der Waals surface area contributed by atoms with Gasteiger partial charge in [-0.05, 0) is 55.7 Å². The number of ether oxygens (including phenoxy) is 1. The van der Waals surface area contributed by atoms with Crippen LogP contribution in [0.4, 0.5) is 10.5 Å². The molecule has 0 aromatic heterocycles. The summed E-state index contributed by atoms with van der Waals surface area (Å²) in [4.78, 5) is 27.3. The lowest BCUT2D eigenvalue weighted by atomic mass is 9.81. The number of piperidine rings is 1. The van der Waals surface area contributed by atoms with Gasteiger partial charge in [0.15, 0.2) is 0 Å². The van der Waals surface area contributed by atoms with E-state index in [1.54, 1.807) is 12.0 Å². The van der Waals surface area contributed by atoms with Crippen LogP contribution in [-0.4, -0.2) is 37.0 Å². The van der Waals surface area contributed by atoms with E-state index in [2.05, 4.69) is 26.6 Å². The summed E-state index contributed by atoms with van der Waals surface area (Å²) in [6.45, 7) is 3.37. The second-order valence-corrected chi connectivity index (χ2v) is 8.48. The van der Waals surface area contributed by atoms with E-state index in [4.69, 9.17) is 4.74 Å². The van der Waals surface area contributed by atoms with Crippen LogP contribution >= 0.6 is 15.9 Å². The molecular weight excluding hydrogens is 434 g/mol. The third-order valence-electron chi connectivity index (χ3n) is 5.19. The van der Waals surface area contributed by atoms with E-state index in [0.29, 0.717) is 19.6 Å². The van der Waals surface area contributed by atoms with Gasteiger partial charge in [-0.3, -0.25) is 4.79 Å². The summed E-state index contributed by atoms with van der Waals surface area (Å²) in [5.74, 6) is 0.719. The van der Waals surface area contributed by atoms with Crippen LogP contribution in [0.25, 0.3) is 0 Å². The zero-order chi connectivity index (χ0) is 20.9. The Balaban J connectivity index is 1.59. The Bertz CT molecular complexity index is 889. The van der Waals surface area contributed by atoms with E-state index in [0.717, 1.165) is 34.3 Å². The normalized spacial score (nSPS) is 18.8. The molecule has 1 aliphatic rings. The highest BCUT2D eigenvalue weighted by Gasteiger charge is 2.39. The number of anilines is 1. The number of urea groups is 1. The number of nitrogens with one attached hydrogen (secondary N) is 2. The molecule has 1 atom stereocenters. The molecular formula is C22H26BrN3O3. The monoisotopic (exact) mass is 459 g/mol. The molecule has 1 heterocycles. The van der Waals surface area contributed by atoms with E-state index in [1.807, 2.05) is 55.5 Å². The Hall–Kier alpha value is -2.54. The average molecular weight is 460 g/mol. The summed E-state index contributed by atoms with van der Waals surface area (Å²) in [5.41, 5.74) is 1.08. The molecule has 2 aromatic carbocycles. The molecule has 3 amide bonds. The number of amides is 3. The lowest BCUT2D eigenvalue weighted by molar-refractivity contribution is -0.132. The number of carbonyl (C=O) groups is 2. The van der Waals surface area contributed by atoms with Crippen molar-refractivity contribution in [3.8, 4) is 5.75 Å². The fourth-order valence-corrected chi connectivity index (χ4v) is 3.94. The minimum Gasteiger partial charge on any atom is -0.497 e. The number of carbonyl (C=O) groups excluding carboxylic acids is 2. The van der Waals surface area contributed by atoms with Gasteiger partial charge >= 0.3 is 6.03 Å². The van der Waals surface area contributed by atoms with Gasteiger partial charge in [-0.15, -0.1) is 0 Å². The van der Waals surface area contributed by atoms with E-state index < -0.39 is 5.41 Å². The highest BCUT2D eigenvalue weighted by Crippen LogP contribution is 2.30. The minimum absolute atomic E-state index is 0.0414. The van der Waals surface area contributed by atoms with Crippen molar-refractivity contribution < 1.29 is 14.3 Å². The van der Waals surface area contributed by atoms with Crippen LogP contribution in [0.3, 0.4) is 0 Å². The van der Waals surface area contributed by atoms with Crippen LogP contribution in [0.15, 0.2) is 53.0 Å².